The molecule has 1 unspecified atom stereocenters. The maximum Gasteiger partial charge on any atom is 0.340 e. The molecule has 8 nitrogen and oxygen atoms in total. The highest BCUT2D eigenvalue weighted by Gasteiger charge is 2.38. The number of fused-ring (bicyclic) bond motifs is 1. The highest BCUT2D eigenvalue weighted by Crippen LogP contribution is 2.41. The lowest BCUT2D eigenvalue weighted by Crippen LogP contribution is -2.36. The second kappa shape index (κ2) is 8.26. The highest BCUT2D eigenvalue weighted by molar-refractivity contribution is 5.92. The van der Waals surface area contributed by atoms with Crippen LogP contribution >= 0.6 is 0 Å². The number of ether oxygens (including phenoxy) is 2. The molecule has 0 spiro atoms. The summed E-state index contributed by atoms with van der Waals surface area (Å²) in [5.74, 6) is -1.25. The van der Waals surface area contributed by atoms with Gasteiger partial charge in [-0.15, -0.1) is 0 Å². The summed E-state index contributed by atoms with van der Waals surface area (Å²) in [5.41, 5.74) is 7.40. The Bertz CT molecular complexity index is 966. The molecule has 0 saturated carbocycles. The van der Waals surface area contributed by atoms with E-state index in [0.29, 0.717) is 17.7 Å². The number of rotatable bonds is 6. The van der Waals surface area contributed by atoms with Gasteiger partial charge in [0.05, 0.1) is 25.2 Å². The van der Waals surface area contributed by atoms with Gasteiger partial charge in [-0.2, -0.15) is 0 Å². The van der Waals surface area contributed by atoms with E-state index in [2.05, 4.69) is 4.98 Å². The Labute approximate surface area is 162 Å². The second-order valence-corrected chi connectivity index (χ2v) is 6.43. The Kier molecular flexibility index (Phi) is 5.79. The van der Waals surface area contributed by atoms with E-state index >= 15 is 0 Å². The number of carbonyl (C=O) groups is 1. The third kappa shape index (κ3) is 3.38. The molecule has 1 aliphatic heterocycles. The zero-order chi connectivity index (χ0) is 20.3. The predicted octanol–water partition coefficient (Wildman–Crippen LogP) is 1.06. The van der Waals surface area contributed by atoms with Gasteiger partial charge in [-0.3, -0.25) is 9.78 Å². The van der Waals surface area contributed by atoms with E-state index < -0.39 is 11.9 Å². The minimum Gasteiger partial charge on any atom is -0.465 e. The molecule has 1 atom stereocenters. The lowest BCUT2D eigenvalue weighted by molar-refractivity contribution is -0.136. The summed E-state index contributed by atoms with van der Waals surface area (Å²) in [6.45, 7) is 1.96. The van der Waals surface area contributed by atoms with Crippen molar-refractivity contribution in [3.8, 4) is 5.75 Å². The summed E-state index contributed by atoms with van der Waals surface area (Å²) in [5, 5.41) is 9.44. The van der Waals surface area contributed by atoms with Crippen molar-refractivity contribution in [2.24, 2.45) is 5.73 Å². The maximum absolute atomic E-state index is 13.4. The quantitative estimate of drug-likeness (QED) is 0.714. The van der Waals surface area contributed by atoms with Crippen molar-refractivity contribution in [1.29, 1.82) is 0 Å². The molecule has 28 heavy (non-hydrogen) atoms. The molecule has 2 aromatic heterocycles. The molecular weight excluding hydrogens is 362 g/mol. The Balaban J connectivity index is 2.31. The van der Waals surface area contributed by atoms with Crippen LogP contribution in [-0.4, -0.2) is 34.3 Å². The van der Waals surface area contributed by atoms with Crippen molar-refractivity contribution in [3.05, 3.63) is 69.2 Å². The van der Waals surface area contributed by atoms with Crippen LogP contribution in [0.2, 0.25) is 0 Å². The van der Waals surface area contributed by atoms with Gasteiger partial charge in [-0.1, -0.05) is 19.4 Å². The number of nitrogens with two attached hydrogens (primary N) is 1. The summed E-state index contributed by atoms with van der Waals surface area (Å²) in [4.78, 5) is 29.9. The predicted molar refractivity (Wildman–Crippen MR) is 102 cm³/mol. The summed E-state index contributed by atoms with van der Waals surface area (Å²) in [7, 11) is 1.24. The van der Waals surface area contributed by atoms with Gasteiger partial charge in [0.2, 0.25) is 5.88 Å². The van der Waals surface area contributed by atoms with E-state index in [1.54, 1.807) is 30.6 Å². The molecule has 0 aromatic carbocycles. The third-order valence-electron chi connectivity index (χ3n) is 4.70. The van der Waals surface area contributed by atoms with E-state index in [4.69, 9.17) is 15.2 Å². The Morgan fingerprint density at radius 1 is 1.46 bits per heavy atom. The molecule has 1 aliphatic rings. The first-order valence-corrected chi connectivity index (χ1v) is 9.06. The van der Waals surface area contributed by atoms with Crippen LogP contribution in [0.1, 0.15) is 36.1 Å². The number of methoxy groups -OCH3 is 1. The monoisotopic (exact) mass is 385 g/mol. The molecule has 2 aromatic rings. The van der Waals surface area contributed by atoms with Crippen molar-refractivity contribution in [2.75, 3.05) is 13.7 Å². The van der Waals surface area contributed by atoms with E-state index in [-0.39, 0.29) is 35.7 Å². The molecule has 3 N–H and O–H groups in total. The van der Waals surface area contributed by atoms with E-state index in [1.807, 2.05) is 6.92 Å². The van der Waals surface area contributed by atoms with Gasteiger partial charge >= 0.3 is 5.97 Å². The van der Waals surface area contributed by atoms with E-state index in [9.17, 15) is 14.7 Å². The number of hydrogen-bond acceptors (Lipinski definition) is 7. The fourth-order valence-corrected chi connectivity index (χ4v) is 3.52. The summed E-state index contributed by atoms with van der Waals surface area (Å²) < 4.78 is 12.1. The molecule has 3 rings (SSSR count). The summed E-state index contributed by atoms with van der Waals surface area (Å²) in [6.07, 6.45) is 4.63. The number of esters is 1. The number of carbonyl (C=O) groups excluding carboxylic acids is 1. The topological polar surface area (TPSA) is 117 Å². The SMILES string of the molecule is CCCc1cc2c(c(=O)n1CCO)C(c1cccnc1)C(C(=O)OC)=C(N)O2. The number of pyridine rings is 2. The molecule has 8 heteroatoms. The van der Waals surface area contributed by atoms with Gasteiger partial charge < -0.3 is 24.9 Å². The van der Waals surface area contributed by atoms with Crippen LogP contribution in [0.15, 0.2) is 46.8 Å². The average Bonchev–Trinajstić information content (AvgIpc) is 2.70. The van der Waals surface area contributed by atoms with Crippen molar-refractivity contribution < 1.29 is 19.4 Å². The Morgan fingerprint density at radius 2 is 2.25 bits per heavy atom. The van der Waals surface area contributed by atoms with Crippen LogP contribution < -0.4 is 16.0 Å². The zero-order valence-corrected chi connectivity index (χ0v) is 15.8. The first kappa shape index (κ1) is 19.6. The minimum absolute atomic E-state index is 0.0545. The summed E-state index contributed by atoms with van der Waals surface area (Å²) in [6, 6.07) is 5.23. The van der Waals surface area contributed by atoms with Gasteiger partial charge in [-0.25, -0.2) is 4.79 Å². The van der Waals surface area contributed by atoms with Crippen molar-refractivity contribution in [3.63, 3.8) is 0 Å². The zero-order valence-electron chi connectivity index (χ0n) is 15.8. The van der Waals surface area contributed by atoms with E-state index in [1.165, 1.54) is 11.7 Å². The molecule has 0 bridgehead atoms. The standard InChI is InChI=1S/C20H23N3O5/c1-3-5-13-10-14-16(19(25)23(13)8-9-24)15(12-6-4-7-22-11-12)17(18(21)28-14)20(26)27-2/h4,6-7,10-11,15,24H,3,5,8-9,21H2,1-2H3. The second-order valence-electron chi connectivity index (χ2n) is 6.43. The van der Waals surface area contributed by atoms with Crippen LogP contribution in [0, 0.1) is 0 Å². The van der Waals surface area contributed by atoms with Crippen molar-refractivity contribution >= 4 is 5.97 Å². The molecule has 0 amide bonds. The number of aryl methyl sites for hydroxylation is 1. The Morgan fingerprint density at radius 3 is 2.86 bits per heavy atom. The van der Waals surface area contributed by atoms with Crippen molar-refractivity contribution in [1.82, 2.24) is 9.55 Å². The number of aliphatic hydroxyl groups is 1. The number of aromatic nitrogens is 2. The molecular formula is C20H23N3O5. The van der Waals surface area contributed by atoms with Crippen LogP contribution in [0.3, 0.4) is 0 Å². The van der Waals surface area contributed by atoms with Crippen molar-refractivity contribution in [2.45, 2.75) is 32.2 Å². The molecule has 0 saturated heterocycles. The fourth-order valence-electron chi connectivity index (χ4n) is 3.52. The van der Waals surface area contributed by atoms with Gasteiger partial charge in [0.15, 0.2) is 0 Å². The van der Waals surface area contributed by atoms with Gasteiger partial charge in [0, 0.05) is 30.7 Å². The molecule has 3 heterocycles. The lowest BCUT2D eigenvalue weighted by atomic mass is 9.84. The fraction of sp³-hybridized carbons (Fsp3) is 0.350. The van der Waals surface area contributed by atoms with Crippen LogP contribution in [0.5, 0.6) is 5.75 Å². The number of nitrogens with zero attached hydrogens (tertiary/aromatic N) is 2. The first-order valence-electron chi connectivity index (χ1n) is 9.06. The smallest absolute Gasteiger partial charge is 0.340 e. The van der Waals surface area contributed by atoms with Gasteiger partial charge in [-0.05, 0) is 18.1 Å². The number of hydrogen-bond donors (Lipinski definition) is 2. The average molecular weight is 385 g/mol. The molecule has 148 valence electrons. The molecule has 0 fully saturated rings. The largest absolute Gasteiger partial charge is 0.465 e. The highest BCUT2D eigenvalue weighted by atomic mass is 16.5. The lowest BCUT2D eigenvalue weighted by Gasteiger charge is -2.29. The molecule has 0 radical (unpaired) electrons. The maximum atomic E-state index is 13.4. The first-order chi connectivity index (χ1) is 13.5. The van der Waals surface area contributed by atoms with Gasteiger partial charge in [0.25, 0.3) is 5.56 Å². The van der Waals surface area contributed by atoms with E-state index in [0.717, 1.165) is 12.1 Å². The number of aliphatic hydroxyl groups excluding tert-OH is 1. The summed E-state index contributed by atoms with van der Waals surface area (Å²) >= 11 is 0. The Hall–Kier alpha value is -3.13. The third-order valence-corrected chi connectivity index (χ3v) is 4.70. The normalized spacial score (nSPS) is 15.8. The van der Waals surface area contributed by atoms with Gasteiger partial charge in [0.1, 0.15) is 11.3 Å². The molecule has 0 aliphatic carbocycles. The van der Waals surface area contributed by atoms with Crippen LogP contribution in [-0.2, 0) is 22.5 Å². The minimum atomic E-state index is -0.780. The van der Waals surface area contributed by atoms with Crippen LogP contribution in [0.4, 0.5) is 0 Å². The van der Waals surface area contributed by atoms with Crippen LogP contribution in [0.25, 0.3) is 0 Å².